The van der Waals surface area contributed by atoms with E-state index >= 15 is 0 Å². The van der Waals surface area contributed by atoms with Gasteiger partial charge in [-0.15, -0.1) is 0 Å². The summed E-state index contributed by atoms with van der Waals surface area (Å²) in [6.07, 6.45) is -3.71. The third-order valence-electron chi connectivity index (χ3n) is 4.44. The highest BCUT2D eigenvalue weighted by Gasteiger charge is 2.42. The van der Waals surface area contributed by atoms with Gasteiger partial charge in [0, 0.05) is 5.56 Å². The molecule has 0 saturated carbocycles. The van der Waals surface area contributed by atoms with Crippen LogP contribution in [0.15, 0.2) is 53.5 Å². The Bertz CT molecular complexity index is 1310. The molecule has 0 radical (unpaired) electrons. The van der Waals surface area contributed by atoms with Crippen molar-refractivity contribution in [3.63, 3.8) is 0 Å². The lowest BCUT2D eigenvalue weighted by molar-refractivity contribution is -0.136. The first-order valence-corrected chi connectivity index (χ1v) is 8.68. The molecule has 9 heteroatoms. The van der Waals surface area contributed by atoms with Crippen molar-refractivity contribution in [1.82, 2.24) is 14.6 Å². The van der Waals surface area contributed by atoms with Gasteiger partial charge in [-0.2, -0.15) is 18.3 Å². The zero-order valence-electron chi connectivity index (χ0n) is 15.1. The monoisotopic (exact) mass is 401 g/mol. The van der Waals surface area contributed by atoms with Gasteiger partial charge in [0.05, 0.1) is 18.5 Å². The fraction of sp³-hybridized carbons (Fsp3) is 0.150. The largest absolute Gasteiger partial charge is 0.461 e. The number of benzene rings is 2. The summed E-state index contributed by atoms with van der Waals surface area (Å²) in [6, 6.07) is 12.9. The molecule has 2 aromatic carbocycles. The maximum absolute atomic E-state index is 13.6. The summed E-state index contributed by atoms with van der Waals surface area (Å²) >= 11 is 0. The Balaban J connectivity index is 1.95. The number of H-pyrrole nitrogens is 1. The minimum atomic E-state index is -4.96. The van der Waals surface area contributed by atoms with Gasteiger partial charge in [-0.05, 0) is 23.8 Å². The number of fused-ring (bicyclic) bond motifs is 2. The molecule has 0 aliphatic heterocycles. The van der Waals surface area contributed by atoms with Gasteiger partial charge >= 0.3 is 12.1 Å². The molecular weight excluding hydrogens is 387 g/mol. The summed E-state index contributed by atoms with van der Waals surface area (Å²) in [5.74, 6) is -1.24. The molecule has 6 nitrogen and oxygen atoms in total. The van der Waals surface area contributed by atoms with Crippen LogP contribution in [0.4, 0.5) is 13.2 Å². The lowest BCUT2D eigenvalue weighted by Gasteiger charge is -2.07. The number of nitrogens with zero attached hydrogens (tertiary/aromatic N) is 2. The average Bonchev–Trinajstić information content (AvgIpc) is 3.08. The Kier molecular flexibility index (Phi) is 4.37. The second kappa shape index (κ2) is 6.77. The first-order valence-electron chi connectivity index (χ1n) is 8.68. The van der Waals surface area contributed by atoms with Crippen LogP contribution in [0.25, 0.3) is 27.5 Å². The molecule has 0 aliphatic rings. The Morgan fingerprint density at radius 3 is 2.59 bits per heavy atom. The predicted octanol–water partition coefficient (Wildman–Crippen LogP) is 4.04. The zero-order chi connectivity index (χ0) is 20.8. The molecule has 1 N–H and O–H groups in total. The van der Waals surface area contributed by atoms with Crippen LogP contribution in [0.5, 0.6) is 0 Å². The van der Waals surface area contributed by atoms with Gasteiger partial charge in [0.2, 0.25) is 0 Å². The molecule has 0 bridgehead atoms. The summed E-state index contributed by atoms with van der Waals surface area (Å²) in [6.45, 7) is 1.34. The van der Waals surface area contributed by atoms with Crippen LogP contribution in [0.2, 0.25) is 0 Å². The normalized spacial score (nSPS) is 11.9. The number of ether oxygens (including phenoxy) is 1. The first-order chi connectivity index (χ1) is 13.8. The molecule has 0 fully saturated rings. The van der Waals surface area contributed by atoms with Crippen molar-refractivity contribution in [1.29, 1.82) is 0 Å². The predicted molar refractivity (Wildman–Crippen MR) is 99.7 cm³/mol. The van der Waals surface area contributed by atoms with Crippen molar-refractivity contribution in [2.45, 2.75) is 13.1 Å². The Hall–Kier alpha value is -3.62. The summed E-state index contributed by atoms with van der Waals surface area (Å²) in [5.41, 5.74) is -3.27. The fourth-order valence-corrected chi connectivity index (χ4v) is 3.20. The minimum Gasteiger partial charge on any atom is -0.461 e. The number of hydrogen-bond acceptors (Lipinski definition) is 4. The molecule has 0 unspecified atom stereocenters. The molecule has 2 aromatic heterocycles. The van der Waals surface area contributed by atoms with E-state index in [9.17, 15) is 22.8 Å². The highest BCUT2D eigenvalue weighted by molar-refractivity contribution is 5.92. The van der Waals surface area contributed by atoms with Crippen molar-refractivity contribution >= 4 is 22.3 Å². The van der Waals surface area contributed by atoms with Crippen LogP contribution in [0, 0.1) is 0 Å². The van der Waals surface area contributed by atoms with E-state index < -0.39 is 34.5 Å². The lowest BCUT2D eigenvalue weighted by atomic mass is 10.1. The zero-order valence-corrected chi connectivity index (χ0v) is 15.1. The standard InChI is InChI=1S/C20H14F3N3O3/c1-2-29-19(28)16-15(20(21,22)23)17-18(27)24-14(10-26(17)25-16)13-8-7-11-5-3-4-6-12(11)9-13/h3-10H,2H2,1H3,(H,24,27). The number of aromatic nitrogens is 3. The highest BCUT2D eigenvalue weighted by atomic mass is 19.4. The molecule has 148 valence electrons. The summed E-state index contributed by atoms with van der Waals surface area (Å²) < 4.78 is 46.2. The van der Waals surface area contributed by atoms with Gasteiger partial charge in [0.15, 0.2) is 5.69 Å². The molecule has 0 atom stereocenters. The maximum atomic E-state index is 13.6. The third kappa shape index (κ3) is 3.24. The summed E-state index contributed by atoms with van der Waals surface area (Å²) in [5, 5.41) is 5.58. The fourth-order valence-electron chi connectivity index (χ4n) is 3.20. The van der Waals surface area contributed by atoms with Crippen molar-refractivity contribution in [2.75, 3.05) is 6.61 Å². The number of halogens is 3. The molecular formula is C20H14F3N3O3. The van der Waals surface area contributed by atoms with E-state index in [1.807, 2.05) is 30.3 Å². The summed E-state index contributed by atoms with van der Waals surface area (Å²) in [7, 11) is 0. The summed E-state index contributed by atoms with van der Waals surface area (Å²) in [4.78, 5) is 27.0. The number of aromatic amines is 1. The van der Waals surface area contributed by atoms with Crippen LogP contribution in [0.1, 0.15) is 23.0 Å². The van der Waals surface area contributed by atoms with E-state index in [1.165, 1.54) is 13.1 Å². The molecule has 0 aliphatic carbocycles. The topological polar surface area (TPSA) is 76.5 Å². The van der Waals surface area contributed by atoms with Crippen LogP contribution in [-0.4, -0.2) is 27.2 Å². The van der Waals surface area contributed by atoms with Gasteiger partial charge < -0.3 is 9.72 Å². The smallest absolute Gasteiger partial charge is 0.421 e. The molecule has 29 heavy (non-hydrogen) atoms. The molecule has 0 spiro atoms. The maximum Gasteiger partial charge on any atom is 0.421 e. The lowest BCUT2D eigenvalue weighted by Crippen LogP contribution is -2.18. The van der Waals surface area contributed by atoms with Crippen LogP contribution in [0.3, 0.4) is 0 Å². The Morgan fingerprint density at radius 1 is 1.17 bits per heavy atom. The van der Waals surface area contributed by atoms with Crippen molar-refractivity contribution in [2.24, 2.45) is 0 Å². The molecule has 4 aromatic rings. The number of rotatable bonds is 3. The molecule has 4 rings (SSSR count). The van der Waals surface area contributed by atoms with Crippen LogP contribution >= 0.6 is 0 Å². The van der Waals surface area contributed by atoms with Gasteiger partial charge in [-0.25, -0.2) is 9.31 Å². The Labute approximate surface area is 161 Å². The first kappa shape index (κ1) is 18.7. The average molecular weight is 401 g/mol. The van der Waals surface area contributed by atoms with E-state index in [-0.39, 0.29) is 12.3 Å². The number of esters is 1. The number of carbonyl (C=O) groups is 1. The van der Waals surface area contributed by atoms with Crippen molar-refractivity contribution in [3.05, 3.63) is 70.3 Å². The quantitative estimate of drug-likeness (QED) is 0.526. The molecule has 0 amide bonds. The van der Waals surface area contributed by atoms with E-state index in [2.05, 4.69) is 14.8 Å². The van der Waals surface area contributed by atoms with E-state index in [4.69, 9.17) is 0 Å². The minimum absolute atomic E-state index is 0.122. The van der Waals surface area contributed by atoms with Gasteiger partial charge in [0.1, 0.15) is 11.1 Å². The van der Waals surface area contributed by atoms with Crippen molar-refractivity contribution < 1.29 is 22.7 Å². The van der Waals surface area contributed by atoms with Gasteiger partial charge in [-0.1, -0.05) is 36.4 Å². The van der Waals surface area contributed by atoms with Crippen LogP contribution in [-0.2, 0) is 10.9 Å². The van der Waals surface area contributed by atoms with E-state index in [1.54, 1.807) is 12.1 Å². The second-order valence-electron chi connectivity index (χ2n) is 6.29. The van der Waals surface area contributed by atoms with Gasteiger partial charge in [0.25, 0.3) is 5.56 Å². The number of alkyl halides is 3. The SMILES string of the molecule is CCOC(=O)c1nn2cc(-c3ccc4ccccc4c3)[nH]c(=O)c2c1C(F)(F)F. The number of nitrogens with one attached hydrogen (secondary N) is 1. The van der Waals surface area contributed by atoms with Crippen molar-refractivity contribution in [3.8, 4) is 11.3 Å². The molecule has 2 heterocycles. The third-order valence-corrected chi connectivity index (χ3v) is 4.44. The second-order valence-corrected chi connectivity index (χ2v) is 6.29. The van der Waals surface area contributed by atoms with Gasteiger partial charge in [-0.3, -0.25) is 4.79 Å². The van der Waals surface area contributed by atoms with E-state index in [0.29, 0.717) is 5.56 Å². The molecule has 0 saturated heterocycles. The van der Waals surface area contributed by atoms with Crippen LogP contribution < -0.4 is 5.56 Å². The Morgan fingerprint density at radius 2 is 1.90 bits per heavy atom. The number of carbonyl (C=O) groups excluding carboxylic acids is 1. The highest BCUT2D eigenvalue weighted by Crippen LogP contribution is 2.35. The van der Waals surface area contributed by atoms with E-state index in [0.717, 1.165) is 15.3 Å². The number of hydrogen-bond donors (Lipinski definition) is 1.